The first kappa shape index (κ1) is 17.4. The van der Waals surface area contributed by atoms with Gasteiger partial charge in [-0.25, -0.2) is 9.18 Å². The number of hydrogen-bond donors (Lipinski definition) is 1. The van der Waals surface area contributed by atoms with Crippen LogP contribution in [0.15, 0.2) is 60.7 Å². The van der Waals surface area contributed by atoms with Gasteiger partial charge in [0.25, 0.3) is 0 Å². The van der Waals surface area contributed by atoms with Gasteiger partial charge in [0, 0.05) is 12.5 Å². The Morgan fingerprint density at radius 3 is 2.58 bits per heavy atom. The van der Waals surface area contributed by atoms with E-state index in [9.17, 15) is 14.0 Å². The highest BCUT2D eigenvalue weighted by Gasteiger charge is 2.21. The van der Waals surface area contributed by atoms with Crippen LogP contribution in [-0.2, 0) is 20.7 Å². The monoisotopic (exact) mass is 327 g/mol. The van der Waals surface area contributed by atoms with E-state index in [1.807, 2.05) is 30.3 Å². The van der Waals surface area contributed by atoms with Crippen LogP contribution in [0.25, 0.3) is 6.08 Å². The topological polar surface area (TPSA) is 55.4 Å². The Hall–Kier alpha value is -2.95. The van der Waals surface area contributed by atoms with Crippen LogP contribution >= 0.6 is 0 Å². The molecule has 0 aliphatic carbocycles. The summed E-state index contributed by atoms with van der Waals surface area (Å²) in [6.07, 6.45) is 3.14. The Morgan fingerprint density at radius 1 is 1.17 bits per heavy atom. The highest BCUT2D eigenvalue weighted by molar-refractivity contribution is 5.94. The summed E-state index contributed by atoms with van der Waals surface area (Å²) < 4.78 is 18.0. The van der Waals surface area contributed by atoms with Crippen LogP contribution in [0.3, 0.4) is 0 Å². The Bertz CT molecular complexity index is 728. The Kier molecular flexibility index (Phi) is 6.25. The van der Waals surface area contributed by atoms with Gasteiger partial charge in [0.2, 0.25) is 5.91 Å². The van der Waals surface area contributed by atoms with Crippen molar-refractivity contribution >= 4 is 18.0 Å². The van der Waals surface area contributed by atoms with Crippen LogP contribution in [0.1, 0.15) is 11.1 Å². The van der Waals surface area contributed by atoms with E-state index in [0.29, 0.717) is 5.56 Å². The molecule has 0 aliphatic rings. The van der Waals surface area contributed by atoms with E-state index >= 15 is 0 Å². The molecule has 124 valence electrons. The molecular weight excluding hydrogens is 309 g/mol. The molecule has 2 aromatic rings. The van der Waals surface area contributed by atoms with Crippen molar-refractivity contribution in [2.45, 2.75) is 12.5 Å². The molecule has 1 amide bonds. The van der Waals surface area contributed by atoms with E-state index in [1.54, 1.807) is 18.2 Å². The minimum absolute atomic E-state index is 0.148. The van der Waals surface area contributed by atoms with Crippen molar-refractivity contribution in [2.24, 2.45) is 0 Å². The average Bonchev–Trinajstić information content (AvgIpc) is 2.59. The van der Waals surface area contributed by atoms with Crippen LogP contribution < -0.4 is 5.32 Å². The lowest BCUT2D eigenvalue weighted by molar-refractivity contribution is -0.144. The molecule has 0 saturated heterocycles. The summed E-state index contributed by atoms with van der Waals surface area (Å²) in [4.78, 5) is 23.9. The number of nitrogens with one attached hydrogen (secondary N) is 1. The lowest BCUT2D eigenvalue weighted by Gasteiger charge is -2.15. The van der Waals surface area contributed by atoms with Crippen LogP contribution in [-0.4, -0.2) is 25.0 Å². The van der Waals surface area contributed by atoms with Crippen LogP contribution in [0.2, 0.25) is 0 Å². The van der Waals surface area contributed by atoms with Crippen molar-refractivity contribution in [2.75, 3.05) is 7.11 Å². The summed E-state index contributed by atoms with van der Waals surface area (Å²) in [7, 11) is 1.24. The summed E-state index contributed by atoms with van der Waals surface area (Å²) in [5.41, 5.74) is 1.46. The molecule has 2 rings (SSSR count). The second kappa shape index (κ2) is 8.62. The number of methoxy groups -OCH3 is 1. The lowest BCUT2D eigenvalue weighted by atomic mass is 10.1. The smallest absolute Gasteiger partial charge is 0.328 e. The summed E-state index contributed by atoms with van der Waals surface area (Å²) in [6, 6.07) is 14.3. The fourth-order valence-corrected chi connectivity index (χ4v) is 2.19. The van der Waals surface area contributed by atoms with Crippen LogP contribution in [0.4, 0.5) is 4.39 Å². The van der Waals surface area contributed by atoms with Gasteiger partial charge in [0.05, 0.1) is 7.11 Å². The number of benzene rings is 2. The molecule has 0 spiro atoms. The minimum atomic E-state index is -0.885. The molecule has 1 atom stereocenters. The summed E-state index contributed by atoms with van der Waals surface area (Å²) in [5, 5.41) is 2.58. The van der Waals surface area contributed by atoms with Gasteiger partial charge in [-0.1, -0.05) is 42.5 Å². The van der Waals surface area contributed by atoms with Crippen molar-refractivity contribution < 1.29 is 18.7 Å². The molecule has 0 saturated carbocycles. The Labute approximate surface area is 140 Å². The first-order valence-corrected chi connectivity index (χ1v) is 7.44. The molecule has 1 unspecified atom stereocenters. The van der Waals surface area contributed by atoms with E-state index in [1.165, 1.54) is 25.3 Å². The quantitative estimate of drug-likeness (QED) is 0.656. The molecule has 0 aromatic heterocycles. The lowest BCUT2D eigenvalue weighted by Crippen LogP contribution is -2.42. The second-order valence-electron chi connectivity index (χ2n) is 5.16. The third-order valence-electron chi connectivity index (χ3n) is 3.36. The third kappa shape index (κ3) is 5.35. The zero-order valence-corrected chi connectivity index (χ0v) is 13.2. The predicted molar refractivity (Wildman–Crippen MR) is 89.5 cm³/mol. The van der Waals surface area contributed by atoms with Crippen molar-refractivity contribution in [3.63, 3.8) is 0 Å². The van der Waals surface area contributed by atoms with Gasteiger partial charge < -0.3 is 10.1 Å². The van der Waals surface area contributed by atoms with E-state index < -0.39 is 23.7 Å². The zero-order chi connectivity index (χ0) is 17.4. The number of carbonyl (C=O) groups excluding carboxylic acids is 2. The van der Waals surface area contributed by atoms with Gasteiger partial charge in [-0.05, 0) is 29.3 Å². The fourth-order valence-electron chi connectivity index (χ4n) is 2.19. The van der Waals surface area contributed by atoms with Gasteiger partial charge in [0.1, 0.15) is 11.9 Å². The van der Waals surface area contributed by atoms with E-state index in [-0.39, 0.29) is 6.42 Å². The molecule has 24 heavy (non-hydrogen) atoms. The molecule has 0 fully saturated rings. The number of rotatable bonds is 6. The van der Waals surface area contributed by atoms with Crippen molar-refractivity contribution in [1.82, 2.24) is 5.32 Å². The van der Waals surface area contributed by atoms with Crippen molar-refractivity contribution in [1.29, 1.82) is 0 Å². The molecule has 0 aliphatic heterocycles. The molecule has 2 aromatic carbocycles. The molecule has 1 N–H and O–H groups in total. The van der Waals surface area contributed by atoms with E-state index in [4.69, 9.17) is 4.74 Å². The molecular formula is C19H18FNO3. The molecule has 4 nitrogen and oxygen atoms in total. The number of hydrogen-bond acceptors (Lipinski definition) is 3. The Balaban J connectivity index is 2.04. The van der Waals surface area contributed by atoms with E-state index in [0.717, 1.165) is 5.56 Å². The predicted octanol–water partition coefficient (Wildman–Crippen LogP) is 2.74. The second-order valence-corrected chi connectivity index (χ2v) is 5.16. The van der Waals surface area contributed by atoms with Crippen LogP contribution in [0, 0.1) is 5.82 Å². The van der Waals surface area contributed by atoms with Crippen LogP contribution in [0.5, 0.6) is 0 Å². The average molecular weight is 327 g/mol. The number of amides is 1. The molecule has 0 radical (unpaired) electrons. The van der Waals surface area contributed by atoms with Gasteiger partial charge in [-0.2, -0.15) is 0 Å². The molecule has 0 bridgehead atoms. The molecule has 0 heterocycles. The minimum Gasteiger partial charge on any atom is -0.467 e. The number of esters is 1. The summed E-state index contributed by atoms with van der Waals surface area (Å²) in [6.45, 7) is 0. The maximum absolute atomic E-state index is 13.3. The first-order chi connectivity index (χ1) is 11.6. The van der Waals surface area contributed by atoms with Gasteiger partial charge in [-0.3, -0.25) is 4.79 Å². The van der Waals surface area contributed by atoms with Gasteiger partial charge in [-0.15, -0.1) is 0 Å². The number of ether oxygens (including phenoxy) is 1. The number of halogens is 1. The summed E-state index contributed by atoms with van der Waals surface area (Å²) >= 11 is 0. The maximum Gasteiger partial charge on any atom is 0.328 e. The molecule has 5 heteroatoms. The first-order valence-electron chi connectivity index (χ1n) is 7.44. The highest BCUT2D eigenvalue weighted by Crippen LogP contribution is 2.08. The SMILES string of the molecule is COC(=O)C(Cc1cccc(F)c1)NC(=O)/C=C/c1ccccc1. The maximum atomic E-state index is 13.3. The van der Waals surface area contributed by atoms with Gasteiger partial charge >= 0.3 is 5.97 Å². The fraction of sp³-hybridized carbons (Fsp3) is 0.158. The van der Waals surface area contributed by atoms with E-state index in [2.05, 4.69) is 5.32 Å². The largest absolute Gasteiger partial charge is 0.467 e. The zero-order valence-electron chi connectivity index (χ0n) is 13.2. The normalized spacial score (nSPS) is 11.9. The van der Waals surface area contributed by atoms with Crippen molar-refractivity contribution in [3.8, 4) is 0 Å². The van der Waals surface area contributed by atoms with Crippen molar-refractivity contribution in [3.05, 3.63) is 77.6 Å². The standard InChI is InChI=1S/C19H18FNO3/c1-24-19(23)17(13-15-8-5-9-16(20)12-15)21-18(22)11-10-14-6-3-2-4-7-14/h2-12,17H,13H2,1H3,(H,21,22)/b11-10+. The highest BCUT2D eigenvalue weighted by atomic mass is 19.1. The number of carbonyl (C=O) groups is 2. The summed E-state index contributed by atoms with van der Waals surface area (Å²) in [5.74, 6) is -1.40. The Morgan fingerprint density at radius 2 is 1.92 bits per heavy atom. The van der Waals surface area contributed by atoms with Gasteiger partial charge in [0.15, 0.2) is 0 Å². The third-order valence-corrected chi connectivity index (χ3v) is 3.36.